The molecule has 96 valence electrons. The Labute approximate surface area is 112 Å². The Morgan fingerprint density at radius 1 is 1.53 bits per heavy atom. The van der Waals surface area contributed by atoms with E-state index >= 15 is 0 Å². The SMILES string of the molecule is CCN(CC)C(=O)CNC(C)c1csc(Cl)c1. The number of halogens is 1. The molecule has 1 aromatic rings. The minimum Gasteiger partial charge on any atom is -0.342 e. The van der Waals surface area contributed by atoms with Crippen molar-refractivity contribution in [2.24, 2.45) is 0 Å². The van der Waals surface area contributed by atoms with E-state index in [9.17, 15) is 4.79 Å². The Hall–Kier alpha value is -0.580. The van der Waals surface area contributed by atoms with Crippen LogP contribution in [0, 0.1) is 0 Å². The molecule has 17 heavy (non-hydrogen) atoms. The Morgan fingerprint density at radius 2 is 2.18 bits per heavy atom. The zero-order valence-electron chi connectivity index (χ0n) is 10.5. The van der Waals surface area contributed by atoms with Crippen molar-refractivity contribution in [3.63, 3.8) is 0 Å². The molecule has 1 amide bonds. The summed E-state index contributed by atoms with van der Waals surface area (Å²) in [5, 5.41) is 5.23. The standard InChI is InChI=1S/C12H19ClN2OS/c1-4-15(5-2)12(16)7-14-9(3)10-6-11(13)17-8-10/h6,8-9,14H,4-5,7H2,1-3H3. The molecule has 0 saturated carbocycles. The first kappa shape index (κ1) is 14.5. The van der Waals surface area contributed by atoms with Crippen molar-refractivity contribution >= 4 is 28.8 Å². The molecule has 1 N–H and O–H groups in total. The summed E-state index contributed by atoms with van der Waals surface area (Å²) in [6.07, 6.45) is 0. The molecule has 0 saturated heterocycles. The largest absolute Gasteiger partial charge is 0.342 e. The molecular weight excluding hydrogens is 256 g/mol. The summed E-state index contributed by atoms with van der Waals surface area (Å²) in [7, 11) is 0. The number of nitrogens with one attached hydrogen (secondary N) is 1. The number of amides is 1. The van der Waals surface area contributed by atoms with E-state index in [1.165, 1.54) is 11.3 Å². The lowest BCUT2D eigenvalue weighted by Gasteiger charge is -2.20. The van der Waals surface area contributed by atoms with Crippen LogP contribution in [-0.4, -0.2) is 30.4 Å². The number of likely N-dealkylation sites (N-methyl/N-ethyl adjacent to an activating group) is 1. The van der Waals surface area contributed by atoms with Crippen molar-refractivity contribution in [3.05, 3.63) is 21.3 Å². The molecule has 1 atom stereocenters. The lowest BCUT2D eigenvalue weighted by Crippen LogP contribution is -2.38. The van der Waals surface area contributed by atoms with E-state index in [0.717, 1.165) is 23.0 Å². The number of carbonyl (C=O) groups excluding carboxylic acids is 1. The van der Waals surface area contributed by atoms with Crippen LogP contribution >= 0.6 is 22.9 Å². The van der Waals surface area contributed by atoms with E-state index in [2.05, 4.69) is 5.32 Å². The van der Waals surface area contributed by atoms with Crippen molar-refractivity contribution in [3.8, 4) is 0 Å². The van der Waals surface area contributed by atoms with Crippen LogP contribution in [0.2, 0.25) is 4.34 Å². The first-order valence-corrected chi connectivity index (χ1v) is 7.09. The third-order valence-electron chi connectivity index (χ3n) is 2.76. The summed E-state index contributed by atoms with van der Waals surface area (Å²) in [5.41, 5.74) is 1.13. The van der Waals surface area contributed by atoms with E-state index < -0.39 is 0 Å². The molecule has 0 aliphatic rings. The van der Waals surface area contributed by atoms with E-state index in [1.54, 1.807) is 0 Å². The summed E-state index contributed by atoms with van der Waals surface area (Å²) in [6.45, 7) is 7.91. The predicted molar refractivity (Wildman–Crippen MR) is 73.7 cm³/mol. The summed E-state index contributed by atoms with van der Waals surface area (Å²) in [4.78, 5) is 13.6. The van der Waals surface area contributed by atoms with E-state index in [4.69, 9.17) is 11.6 Å². The Bertz CT molecular complexity index is 363. The Balaban J connectivity index is 2.43. The number of thiophene rings is 1. The van der Waals surface area contributed by atoms with Gasteiger partial charge in [-0.3, -0.25) is 4.79 Å². The quantitative estimate of drug-likeness (QED) is 0.865. The second-order valence-electron chi connectivity index (χ2n) is 3.85. The van der Waals surface area contributed by atoms with Gasteiger partial charge in [-0.2, -0.15) is 0 Å². The fourth-order valence-electron chi connectivity index (χ4n) is 1.60. The maximum absolute atomic E-state index is 11.8. The molecular formula is C12H19ClN2OS. The van der Waals surface area contributed by atoms with Gasteiger partial charge in [-0.15, -0.1) is 11.3 Å². The van der Waals surface area contributed by atoms with Crippen LogP contribution in [0.25, 0.3) is 0 Å². The van der Waals surface area contributed by atoms with E-state index in [0.29, 0.717) is 6.54 Å². The minimum absolute atomic E-state index is 0.142. The lowest BCUT2D eigenvalue weighted by molar-refractivity contribution is -0.129. The van der Waals surface area contributed by atoms with Crippen molar-refractivity contribution in [1.29, 1.82) is 0 Å². The van der Waals surface area contributed by atoms with Gasteiger partial charge in [-0.1, -0.05) is 11.6 Å². The zero-order chi connectivity index (χ0) is 12.8. The molecule has 1 rings (SSSR count). The average Bonchev–Trinajstić information content (AvgIpc) is 2.74. The van der Waals surface area contributed by atoms with E-state index in [1.807, 2.05) is 37.1 Å². The van der Waals surface area contributed by atoms with Gasteiger partial charge in [-0.25, -0.2) is 0 Å². The molecule has 0 fully saturated rings. The van der Waals surface area contributed by atoms with Gasteiger partial charge >= 0.3 is 0 Å². The van der Waals surface area contributed by atoms with Crippen molar-refractivity contribution in [2.45, 2.75) is 26.8 Å². The molecule has 0 aliphatic carbocycles. The summed E-state index contributed by atoms with van der Waals surface area (Å²) < 4.78 is 0.781. The Kier molecular flexibility index (Phi) is 5.95. The van der Waals surface area contributed by atoms with E-state index in [-0.39, 0.29) is 11.9 Å². The highest BCUT2D eigenvalue weighted by Gasteiger charge is 2.12. The molecule has 1 aromatic heterocycles. The van der Waals surface area contributed by atoms with Gasteiger partial charge in [0.2, 0.25) is 5.91 Å². The topological polar surface area (TPSA) is 32.3 Å². The number of nitrogens with zero attached hydrogens (tertiary/aromatic N) is 1. The number of rotatable bonds is 6. The number of hydrogen-bond donors (Lipinski definition) is 1. The van der Waals surface area contributed by atoms with Crippen molar-refractivity contribution in [2.75, 3.05) is 19.6 Å². The first-order valence-electron chi connectivity index (χ1n) is 5.83. The van der Waals surface area contributed by atoms with Crippen LogP contribution in [0.3, 0.4) is 0 Å². The lowest BCUT2D eigenvalue weighted by atomic mass is 10.2. The maximum atomic E-state index is 11.8. The highest BCUT2D eigenvalue weighted by atomic mass is 35.5. The van der Waals surface area contributed by atoms with Gasteiger partial charge in [-0.05, 0) is 37.8 Å². The molecule has 0 bridgehead atoms. The van der Waals surface area contributed by atoms with Crippen LogP contribution in [0.15, 0.2) is 11.4 Å². The molecule has 0 spiro atoms. The van der Waals surface area contributed by atoms with Gasteiger partial charge in [0.25, 0.3) is 0 Å². The third-order valence-corrected chi connectivity index (χ3v) is 3.87. The van der Waals surface area contributed by atoms with Gasteiger partial charge < -0.3 is 10.2 Å². The molecule has 1 unspecified atom stereocenters. The molecule has 5 heteroatoms. The fraction of sp³-hybridized carbons (Fsp3) is 0.583. The number of carbonyl (C=O) groups is 1. The predicted octanol–water partition coefficient (Wildman–Crippen LogP) is 2.92. The summed E-state index contributed by atoms with van der Waals surface area (Å²) in [6, 6.07) is 2.09. The van der Waals surface area contributed by atoms with Crippen molar-refractivity contribution < 1.29 is 4.79 Å². The molecule has 0 radical (unpaired) electrons. The first-order chi connectivity index (χ1) is 8.08. The van der Waals surface area contributed by atoms with Crippen LogP contribution in [-0.2, 0) is 4.79 Å². The molecule has 0 aromatic carbocycles. The van der Waals surface area contributed by atoms with Crippen molar-refractivity contribution in [1.82, 2.24) is 10.2 Å². The molecule has 3 nitrogen and oxygen atoms in total. The summed E-state index contributed by atoms with van der Waals surface area (Å²) in [5.74, 6) is 0.142. The van der Waals surface area contributed by atoms with Gasteiger partial charge in [0.15, 0.2) is 0 Å². The average molecular weight is 275 g/mol. The third kappa shape index (κ3) is 4.30. The van der Waals surface area contributed by atoms with Crippen LogP contribution in [0.4, 0.5) is 0 Å². The van der Waals surface area contributed by atoms with Crippen LogP contribution in [0.5, 0.6) is 0 Å². The van der Waals surface area contributed by atoms with Crippen LogP contribution in [0.1, 0.15) is 32.4 Å². The highest BCUT2D eigenvalue weighted by Crippen LogP contribution is 2.24. The summed E-state index contributed by atoms with van der Waals surface area (Å²) >= 11 is 7.39. The van der Waals surface area contributed by atoms with Gasteiger partial charge in [0, 0.05) is 19.1 Å². The molecule has 1 heterocycles. The van der Waals surface area contributed by atoms with Gasteiger partial charge in [0.05, 0.1) is 10.9 Å². The Morgan fingerprint density at radius 3 is 2.65 bits per heavy atom. The fourth-order valence-corrected chi connectivity index (χ4v) is 2.58. The zero-order valence-corrected chi connectivity index (χ0v) is 12.1. The number of hydrogen-bond acceptors (Lipinski definition) is 3. The monoisotopic (exact) mass is 274 g/mol. The maximum Gasteiger partial charge on any atom is 0.236 e. The normalized spacial score (nSPS) is 12.5. The van der Waals surface area contributed by atoms with Crippen LogP contribution < -0.4 is 5.32 Å². The second-order valence-corrected chi connectivity index (χ2v) is 5.40. The molecule has 0 aliphatic heterocycles. The smallest absolute Gasteiger partial charge is 0.236 e. The highest BCUT2D eigenvalue weighted by molar-refractivity contribution is 7.14. The second kappa shape index (κ2) is 6.99. The van der Waals surface area contributed by atoms with Gasteiger partial charge in [0.1, 0.15) is 0 Å². The minimum atomic E-state index is 0.142.